The van der Waals surface area contributed by atoms with Crippen molar-refractivity contribution in [3.63, 3.8) is 0 Å². The van der Waals surface area contributed by atoms with Crippen LogP contribution in [-0.4, -0.2) is 55.8 Å². The summed E-state index contributed by atoms with van der Waals surface area (Å²) in [6.07, 6.45) is 4.61. The number of thioether (sulfide) groups is 1. The summed E-state index contributed by atoms with van der Waals surface area (Å²) in [5, 5.41) is 17.4. The Morgan fingerprint density at radius 2 is 1.93 bits per heavy atom. The van der Waals surface area contributed by atoms with Crippen molar-refractivity contribution in [3.05, 3.63) is 52.3 Å². The van der Waals surface area contributed by atoms with Crippen LogP contribution in [-0.2, 0) is 11.8 Å². The molecule has 3 rings (SSSR count). The van der Waals surface area contributed by atoms with E-state index in [1.54, 1.807) is 30.1 Å². The van der Waals surface area contributed by atoms with E-state index >= 15 is 0 Å². The molecule has 0 aliphatic carbocycles. The third-order valence-corrected chi connectivity index (χ3v) is 5.92. The van der Waals surface area contributed by atoms with E-state index in [2.05, 4.69) is 10.4 Å². The number of aryl methyl sites for hydroxylation is 1. The molecule has 1 aromatic carbocycles. The van der Waals surface area contributed by atoms with Crippen LogP contribution in [0.3, 0.4) is 0 Å². The maximum atomic E-state index is 12.7. The molecule has 2 heterocycles. The summed E-state index contributed by atoms with van der Waals surface area (Å²) in [6.45, 7) is 3.01. The van der Waals surface area contributed by atoms with Gasteiger partial charge in [0.05, 0.1) is 21.9 Å². The van der Waals surface area contributed by atoms with Gasteiger partial charge >= 0.3 is 0 Å². The molecule has 29 heavy (non-hydrogen) atoms. The van der Waals surface area contributed by atoms with Crippen molar-refractivity contribution in [1.29, 1.82) is 0 Å². The fourth-order valence-corrected chi connectivity index (χ4v) is 4.16. The van der Waals surface area contributed by atoms with Crippen LogP contribution in [0.1, 0.15) is 30.1 Å². The molecule has 0 unspecified atom stereocenters. The quantitative estimate of drug-likeness (QED) is 0.438. The lowest BCUT2D eigenvalue weighted by molar-refractivity contribution is -0.384. The second-order valence-electron chi connectivity index (χ2n) is 6.99. The number of likely N-dealkylation sites (tertiary alicyclic amines) is 1. The standard InChI is InChI=1S/C19H23N5O4S/c1-13(29-17-5-3-16(4-6-17)24(27)28)19(26)23-9-7-15(8-10-23)21-18(25)14-11-20-22(2)12-14/h3-6,11-13,15H,7-10H2,1-2H3,(H,21,25)/t13-/m0/s1. The topological polar surface area (TPSA) is 110 Å². The summed E-state index contributed by atoms with van der Waals surface area (Å²) in [6, 6.07) is 6.23. The number of benzene rings is 1. The highest BCUT2D eigenvalue weighted by Crippen LogP contribution is 2.27. The van der Waals surface area contributed by atoms with Crippen LogP contribution in [0.2, 0.25) is 0 Å². The molecule has 0 radical (unpaired) electrons. The zero-order chi connectivity index (χ0) is 21.0. The lowest BCUT2D eigenvalue weighted by atomic mass is 10.0. The number of piperidine rings is 1. The fourth-order valence-electron chi connectivity index (χ4n) is 3.21. The van der Waals surface area contributed by atoms with E-state index in [0.717, 1.165) is 4.90 Å². The highest BCUT2D eigenvalue weighted by Gasteiger charge is 2.27. The SMILES string of the molecule is C[C@H](Sc1ccc([N+](=O)[O-])cc1)C(=O)N1CCC(NC(=O)c2cnn(C)c2)CC1. The van der Waals surface area contributed by atoms with Crippen molar-refractivity contribution < 1.29 is 14.5 Å². The average molecular weight is 417 g/mol. The predicted molar refractivity (Wildman–Crippen MR) is 109 cm³/mol. The van der Waals surface area contributed by atoms with Gasteiger partial charge in [0.2, 0.25) is 5.91 Å². The van der Waals surface area contributed by atoms with Gasteiger partial charge in [-0.25, -0.2) is 0 Å². The molecule has 9 nitrogen and oxygen atoms in total. The highest BCUT2D eigenvalue weighted by molar-refractivity contribution is 8.00. The largest absolute Gasteiger partial charge is 0.349 e. The molecule has 2 aromatic rings. The van der Waals surface area contributed by atoms with Crippen LogP contribution in [0.4, 0.5) is 5.69 Å². The summed E-state index contributed by atoms with van der Waals surface area (Å²) in [7, 11) is 1.76. The summed E-state index contributed by atoms with van der Waals surface area (Å²) in [5.74, 6) is -0.115. The van der Waals surface area contributed by atoms with Crippen LogP contribution < -0.4 is 5.32 Å². The number of rotatable bonds is 6. The number of nitrogens with one attached hydrogen (secondary N) is 1. The van der Waals surface area contributed by atoms with Gasteiger partial charge in [0.25, 0.3) is 11.6 Å². The Morgan fingerprint density at radius 3 is 2.48 bits per heavy atom. The van der Waals surface area contributed by atoms with Gasteiger partial charge in [-0.15, -0.1) is 11.8 Å². The molecule has 0 spiro atoms. The lowest BCUT2D eigenvalue weighted by Gasteiger charge is -2.33. The van der Waals surface area contributed by atoms with Gasteiger partial charge in [-0.3, -0.25) is 24.4 Å². The van der Waals surface area contributed by atoms with Gasteiger partial charge in [0.1, 0.15) is 0 Å². The molecule has 1 N–H and O–H groups in total. The second-order valence-corrected chi connectivity index (χ2v) is 8.40. The minimum absolute atomic E-state index is 0.0312. The van der Waals surface area contributed by atoms with E-state index in [-0.39, 0.29) is 28.8 Å². The van der Waals surface area contributed by atoms with Crippen molar-refractivity contribution in [2.45, 2.75) is 36.0 Å². The van der Waals surface area contributed by atoms with Crippen molar-refractivity contribution in [1.82, 2.24) is 20.0 Å². The van der Waals surface area contributed by atoms with Crippen LogP contribution in [0.25, 0.3) is 0 Å². The average Bonchev–Trinajstić information content (AvgIpc) is 3.15. The van der Waals surface area contributed by atoms with Crippen molar-refractivity contribution >= 4 is 29.3 Å². The Hall–Kier alpha value is -2.88. The first-order valence-corrected chi connectivity index (χ1v) is 10.2. The maximum absolute atomic E-state index is 12.7. The molecular weight excluding hydrogens is 394 g/mol. The van der Waals surface area contributed by atoms with Crippen molar-refractivity contribution in [2.24, 2.45) is 7.05 Å². The summed E-state index contributed by atoms with van der Waals surface area (Å²) in [5.41, 5.74) is 0.558. The Bertz CT molecular complexity index is 890. The first-order chi connectivity index (χ1) is 13.8. The highest BCUT2D eigenvalue weighted by atomic mass is 32.2. The Kier molecular flexibility index (Phi) is 6.53. The predicted octanol–water partition coefficient (Wildman–Crippen LogP) is 2.23. The van der Waals surface area contributed by atoms with E-state index < -0.39 is 4.92 Å². The van der Waals surface area contributed by atoms with E-state index in [0.29, 0.717) is 31.5 Å². The Balaban J connectivity index is 1.47. The number of amides is 2. The second kappa shape index (κ2) is 9.08. The van der Waals surface area contributed by atoms with Crippen LogP contribution >= 0.6 is 11.8 Å². The van der Waals surface area contributed by atoms with Crippen LogP contribution in [0.5, 0.6) is 0 Å². The van der Waals surface area contributed by atoms with Gasteiger partial charge in [0, 0.05) is 49.4 Å². The molecule has 10 heteroatoms. The van der Waals surface area contributed by atoms with Gasteiger partial charge < -0.3 is 10.2 Å². The van der Waals surface area contributed by atoms with Gasteiger partial charge in [-0.05, 0) is 31.9 Å². The number of carbonyl (C=O) groups is 2. The molecule has 0 bridgehead atoms. The third kappa shape index (κ3) is 5.35. The van der Waals surface area contributed by atoms with Gasteiger partial charge in [-0.1, -0.05) is 0 Å². The normalized spacial score (nSPS) is 15.7. The van der Waals surface area contributed by atoms with Crippen molar-refractivity contribution in [2.75, 3.05) is 13.1 Å². The number of aromatic nitrogens is 2. The van der Waals surface area contributed by atoms with Gasteiger partial charge in [0.15, 0.2) is 0 Å². The van der Waals surface area contributed by atoms with Crippen LogP contribution in [0, 0.1) is 10.1 Å². The van der Waals surface area contributed by atoms with E-state index in [4.69, 9.17) is 0 Å². The van der Waals surface area contributed by atoms with E-state index in [9.17, 15) is 19.7 Å². The van der Waals surface area contributed by atoms with Crippen LogP contribution in [0.15, 0.2) is 41.6 Å². The number of hydrogen-bond donors (Lipinski definition) is 1. The molecule has 1 aromatic heterocycles. The minimum atomic E-state index is -0.444. The molecule has 0 saturated carbocycles. The third-order valence-electron chi connectivity index (χ3n) is 4.82. The monoisotopic (exact) mass is 417 g/mol. The lowest BCUT2D eigenvalue weighted by Crippen LogP contribution is -2.48. The van der Waals surface area contributed by atoms with Gasteiger partial charge in [-0.2, -0.15) is 5.10 Å². The number of hydrogen-bond acceptors (Lipinski definition) is 6. The Morgan fingerprint density at radius 1 is 1.28 bits per heavy atom. The molecule has 1 saturated heterocycles. The molecule has 154 valence electrons. The summed E-state index contributed by atoms with van der Waals surface area (Å²) < 4.78 is 1.58. The zero-order valence-electron chi connectivity index (χ0n) is 16.3. The number of nitrogens with zero attached hydrogens (tertiary/aromatic N) is 4. The van der Waals surface area contributed by atoms with Crippen molar-refractivity contribution in [3.8, 4) is 0 Å². The molecule has 1 atom stereocenters. The number of nitro groups is 1. The summed E-state index contributed by atoms with van der Waals surface area (Å²) >= 11 is 1.38. The molecule has 1 fully saturated rings. The molecule has 1 aliphatic rings. The molecule has 1 aliphatic heterocycles. The number of carbonyl (C=O) groups excluding carboxylic acids is 2. The van der Waals surface area contributed by atoms with E-state index in [1.165, 1.54) is 30.1 Å². The smallest absolute Gasteiger partial charge is 0.269 e. The summed E-state index contributed by atoms with van der Waals surface area (Å²) in [4.78, 5) is 37.9. The van der Waals surface area contributed by atoms with E-state index in [1.807, 2.05) is 11.8 Å². The Labute approximate surface area is 172 Å². The maximum Gasteiger partial charge on any atom is 0.269 e. The molecular formula is C19H23N5O4S. The minimum Gasteiger partial charge on any atom is -0.349 e. The zero-order valence-corrected chi connectivity index (χ0v) is 17.1. The number of non-ortho nitro benzene ring substituents is 1. The first-order valence-electron chi connectivity index (χ1n) is 9.33. The number of nitro benzene ring substituents is 1. The first kappa shape index (κ1) is 20.8. The molecule has 2 amide bonds. The fraction of sp³-hybridized carbons (Fsp3) is 0.421.